The maximum Gasteiger partial charge on any atom is 0.109 e. The first-order valence-electron chi connectivity index (χ1n) is 9.00. The van der Waals surface area contributed by atoms with E-state index in [-0.39, 0.29) is 0 Å². The fraction of sp³-hybridized carbons (Fsp3) is 0.238. The van der Waals surface area contributed by atoms with E-state index in [0.29, 0.717) is 0 Å². The average Bonchev–Trinajstić information content (AvgIpc) is 3.20. The Morgan fingerprint density at radius 1 is 1.12 bits per heavy atom. The summed E-state index contributed by atoms with van der Waals surface area (Å²) in [5.41, 5.74) is 4.27. The number of rotatable bonds is 5. The van der Waals surface area contributed by atoms with Crippen molar-refractivity contribution in [1.82, 2.24) is 19.7 Å². The van der Waals surface area contributed by atoms with E-state index in [1.165, 1.54) is 5.70 Å². The smallest absolute Gasteiger partial charge is 0.109 e. The summed E-state index contributed by atoms with van der Waals surface area (Å²) in [6.07, 6.45) is 11.3. The van der Waals surface area contributed by atoms with Crippen LogP contribution < -0.4 is 0 Å². The summed E-state index contributed by atoms with van der Waals surface area (Å²) in [5.74, 6) is 0. The molecule has 0 saturated heterocycles. The highest BCUT2D eigenvalue weighted by atomic mass is 15.5. The van der Waals surface area contributed by atoms with Crippen molar-refractivity contribution in [2.75, 3.05) is 26.2 Å². The topological polar surface area (TPSA) is 36.7 Å². The maximum absolute atomic E-state index is 4.90. The molecule has 4 rings (SSSR count). The third-order valence-electron chi connectivity index (χ3n) is 4.68. The lowest BCUT2D eigenvalue weighted by Crippen LogP contribution is -2.33. The van der Waals surface area contributed by atoms with Crippen molar-refractivity contribution in [1.29, 1.82) is 0 Å². The molecule has 5 heteroatoms. The third-order valence-corrected chi connectivity index (χ3v) is 4.68. The van der Waals surface area contributed by atoms with Crippen LogP contribution in [0.1, 0.15) is 12.1 Å². The maximum atomic E-state index is 4.90. The summed E-state index contributed by atoms with van der Waals surface area (Å²) in [4.78, 5) is 2.38. The van der Waals surface area contributed by atoms with E-state index in [4.69, 9.17) is 5.10 Å². The second kappa shape index (κ2) is 7.54. The Morgan fingerprint density at radius 2 is 2.00 bits per heavy atom. The largest absolute Gasteiger partial charge is 0.296 e. The Balaban J connectivity index is 1.58. The van der Waals surface area contributed by atoms with Crippen molar-refractivity contribution in [3.05, 3.63) is 84.9 Å². The Hall–Kier alpha value is -2.92. The zero-order valence-electron chi connectivity index (χ0n) is 14.8. The summed E-state index contributed by atoms with van der Waals surface area (Å²) in [7, 11) is 0. The van der Waals surface area contributed by atoms with E-state index >= 15 is 0 Å². The van der Waals surface area contributed by atoms with Crippen LogP contribution in [-0.2, 0) is 0 Å². The van der Waals surface area contributed by atoms with Crippen molar-refractivity contribution in [2.45, 2.75) is 6.42 Å². The molecule has 0 N–H and O–H groups in total. The lowest BCUT2D eigenvalue weighted by molar-refractivity contribution is 0.284. The minimum Gasteiger partial charge on any atom is -0.296 e. The van der Waals surface area contributed by atoms with Gasteiger partial charge in [0.1, 0.15) is 5.71 Å². The van der Waals surface area contributed by atoms with Crippen molar-refractivity contribution in [2.24, 2.45) is 5.10 Å². The third kappa shape index (κ3) is 3.39. The number of hydrogen-bond acceptors (Lipinski definition) is 4. The number of para-hydroxylation sites is 1. The number of allylic oxidation sites excluding steroid dienone is 1. The van der Waals surface area contributed by atoms with Crippen LogP contribution >= 0.6 is 0 Å². The van der Waals surface area contributed by atoms with Crippen molar-refractivity contribution in [3.8, 4) is 5.69 Å². The van der Waals surface area contributed by atoms with Gasteiger partial charge in [0.2, 0.25) is 0 Å². The molecule has 0 spiro atoms. The highest BCUT2D eigenvalue weighted by Gasteiger charge is 2.19. The van der Waals surface area contributed by atoms with Crippen LogP contribution in [0.2, 0.25) is 0 Å². The predicted octanol–water partition coefficient (Wildman–Crippen LogP) is 3.22. The van der Waals surface area contributed by atoms with Crippen molar-refractivity contribution < 1.29 is 0 Å². The standard InChI is InChI=1S/C21H23N5/c1-2-14-24-16-11-18(12-17-24)25-15-6-9-20(23-25)21-10-13-22-26(21)19-7-4-3-5-8-19/h2-11,13H,1,12,14-17H2. The second-order valence-corrected chi connectivity index (χ2v) is 6.43. The summed E-state index contributed by atoms with van der Waals surface area (Å²) in [5, 5.41) is 11.5. The van der Waals surface area contributed by atoms with Gasteiger partial charge in [-0.3, -0.25) is 9.91 Å². The summed E-state index contributed by atoms with van der Waals surface area (Å²) in [6, 6.07) is 12.2. The first-order valence-corrected chi connectivity index (χ1v) is 9.00. The number of aromatic nitrogens is 2. The van der Waals surface area contributed by atoms with Gasteiger partial charge >= 0.3 is 0 Å². The molecule has 2 aromatic rings. The first kappa shape index (κ1) is 16.5. The second-order valence-electron chi connectivity index (χ2n) is 6.43. The first-order chi connectivity index (χ1) is 12.8. The fourth-order valence-corrected chi connectivity index (χ4v) is 3.34. The SMILES string of the molecule is C=CCN1CC=C(N2CC=CC(c3ccnn3-c3ccccc3)=N2)CC1. The highest BCUT2D eigenvalue weighted by molar-refractivity contribution is 6.08. The molecule has 5 nitrogen and oxygen atoms in total. The van der Waals surface area contributed by atoms with Gasteiger partial charge in [-0.1, -0.05) is 30.4 Å². The summed E-state index contributed by atoms with van der Waals surface area (Å²) >= 11 is 0. The Kier molecular flexibility index (Phi) is 4.80. The van der Waals surface area contributed by atoms with Gasteiger partial charge in [0.25, 0.3) is 0 Å². The normalized spacial score (nSPS) is 17.8. The van der Waals surface area contributed by atoms with Crippen LogP contribution in [-0.4, -0.2) is 51.6 Å². The predicted molar refractivity (Wildman–Crippen MR) is 105 cm³/mol. The van der Waals surface area contributed by atoms with E-state index in [1.807, 2.05) is 41.2 Å². The van der Waals surface area contributed by atoms with Crippen molar-refractivity contribution in [3.63, 3.8) is 0 Å². The van der Waals surface area contributed by atoms with Gasteiger partial charge in [0, 0.05) is 31.8 Å². The number of benzene rings is 1. The molecule has 2 aliphatic rings. The van der Waals surface area contributed by atoms with Gasteiger partial charge in [-0.05, 0) is 30.4 Å². The molecule has 0 aliphatic carbocycles. The van der Waals surface area contributed by atoms with E-state index in [2.05, 4.69) is 51.9 Å². The molecule has 1 aromatic carbocycles. The lowest BCUT2D eigenvalue weighted by Gasteiger charge is -2.31. The molecule has 3 heterocycles. The average molecular weight is 345 g/mol. The van der Waals surface area contributed by atoms with Gasteiger partial charge in [-0.15, -0.1) is 6.58 Å². The molecule has 26 heavy (non-hydrogen) atoms. The summed E-state index contributed by atoms with van der Waals surface area (Å²) < 4.78 is 1.94. The number of nitrogens with zero attached hydrogens (tertiary/aromatic N) is 5. The van der Waals surface area contributed by atoms with Gasteiger partial charge in [0.15, 0.2) is 0 Å². The minimum absolute atomic E-state index is 0.816. The zero-order chi connectivity index (χ0) is 17.8. The van der Waals surface area contributed by atoms with E-state index < -0.39 is 0 Å². The van der Waals surface area contributed by atoms with Crippen molar-refractivity contribution >= 4 is 5.71 Å². The number of hydrogen-bond donors (Lipinski definition) is 0. The fourth-order valence-electron chi connectivity index (χ4n) is 3.34. The minimum atomic E-state index is 0.816. The molecule has 0 amide bonds. The summed E-state index contributed by atoms with van der Waals surface area (Å²) in [6.45, 7) is 7.58. The van der Waals surface area contributed by atoms with E-state index in [1.54, 1.807) is 0 Å². The molecule has 0 radical (unpaired) electrons. The van der Waals surface area contributed by atoms with Crippen LogP contribution in [0, 0.1) is 0 Å². The highest BCUT2D eigenvalue weighted by Crippen LogP contribution is 2.20. The van der Waals surface area contributed by atoms with Gasteiger partial charge < -0.3 is 0 Å². The zero-order valence-corrected chi connectivity index (χ0v) is 14.8. The van der Waals surface area contributed by atoms with Gasteiger partial charge in [0.05, 0.1) is 24.1 Å². The molecule has 0 unspecified atom stereocenters. The van der Waals surface area contributed by atoms with E-state index in [9.17, 15) is 0 Å². The quantitative estimate of drug-likeness (QED) is 0.781. The van der Waals surface area contributed by atoms with E-state index in [0.717, 1.165) is 49.7 Å². The molecular formula is C21H23N5. The molecule has 2 aliphatic heterocycles. The van der Waals surface area contributed by atoms with Gasteiger partial charge in [-0.25, -0.2) is 4.68 Å². The number of hydrazone groups is 1. The molecule has 0 saturated carbocycles. The van der Waals surface area contributed by atoms with Gasteiger partial charge in [-0.2, -0.15) is 10.2 Å². The van der Waals surface area contributed by atoms with Crippen LogP contribution in [0.4, 0.5) is 0 Å². The Labute approximate surface area is 154 Å². The molecule has 0 atom stereocenters. The molecule has 1 aromatic heterocycles. The lowest BCUT2D eigenvalue weighted by atomic mass is 10.1. The molecule has 0 fully saturated rings. The van der Waals surface area contributed by atoms with Crippen LogP contribution in [0.5, 0.6) is 0 Å². The van der Waals surface area contributed by atoms with Crippen LogP contribution in [0.3, 0.4) is 0 Å². The Morgan fingerprint density at radius 3 is 2.77 bits per heavy atom. The van der Waals surface area contributed by atoms with Crippen LogP contribution in [0.15, 0.2) is 84.3 Å². The Bertz CT molecular complexity index is 860. The monoisotopic (exact) mass is 345 g/mol. The molecule has 132 valence electrons. The van der Waals surface area contributed by atoms with Crippen LogP contribution in [0.25, 0.3) is 5.69 Å². The molecule has 0 bridgehead atoms. The molecular weight excluding hydrogens is 322 g/mol.